The number of methoxy groups -OCH3 is 1. The van der Waals surface area contributed by atoms with Crippen LogP contribution in [-0.4, -0.2) is 44.7 Å². The van der Waals surface area contributed by atoms with Gasteiger partial charge in [-0.3, -0.25) is 4.79 Å². The third-order valence-electron chi connectivity index (χ3n) is 4.63. The number of alkyl carbamates (subject to hydrolysis) is 1. The van der Waals surface area contributed by atoms with Crippen LogP contribution >= 0.6 is 0 Å². The standard InChI is InChI=1S/C23H29N3O5/c1-24-19-13-11-18(12-14-19)21(27)26-20(22(28)30-2)10-6-7-15-25-23(29)31-16-17-8-4-3-5-9-17/h3-5,8-9,11-14,20,24H,6-7,10,15-16H2,1-2H3,(H,25,29)(H,26,27)/t20-/m1/s1. The Morgan fingerprint density at radius 3 is 2.32 bits per heavy atom. The fourth-order valence-corrected chi connectivity index (χ4v) is 2.86. The summed E-state index contributed by atoms with van der Waals surface area (Å²) in [5.41, 5.74) is 2.25. The quantitative estimate of drug-likeness (QED) is 0.376. The number of unbranched alkanes of at least 4 members (excludes halogenated alkanes) is 1. The zero-order valence-electron chi connectivity index (χ0n) is 17.9. The molecule has 2 aromatic carbocycles. The van der Waals surface area contributed by atoms with E-state index in [2.05, 4.69) is 16.0 Å². The maximum atomic E-state index is 12.4. The average molecular weight is 428 g/mol. The van der Waals surface area contributed by atoms with Crippen molar-refractivity contribution in [2.24, 2.45) is 0 Å². The van der Waals surface area contributed by atoms with Crippen molar-refractivity contribution in [1.29, 1.82) is 0 Å². The van der Waals surface area contributed by atoms with Gasteiger partial charge in [-0.05, 0) is 49.1 Å². The molecule has 0 heterocycles. The van der Waals surface area contributed by atoms with Gasteiger partial charge in [-0.25, -0.2) is 9.59 Å². The van der Waals surface area contributed by atoms with E-state index in [1.165, 1.54) is 7.11 Å². The SMILES string of the molecule is CNc1ccc(C(=O)N[C@H](CCCCNC(=O)OCc2ccccc2)C(=O)OC)cc1. The first-order valence-electron chi connectivity index (χ1n) is 10.1. The molecule has 0 spiro atoms. The summed E-state index contributed by atoms with van der Waals surface area (Å²) in [6.07, 6.45) is 1.14. The number of benzene rings is 2. The summed E-state index contributed by atoms with van der Waals surface area (Å²) in [6.45, 7) is 0.610. The number of nitrogens with one attached hydrogen (secondary N) is 3. The maximum Gasteiger partial charge on any atom is 0.407 e. The summed E-state index contributed by atoms with van der Waals surface area (Å²) in [4.78, 5) is 36.2. The second-order valence-corrected chi connectivity index (χ2v) is 6.86. The van der Waals surface area contributed by atoms with Crippen LogP contribution < -0.4 is 16.0 Å². The smallest absolute Gasteiger partial charge is 0.407 e. The van der Waals surface area contributed by atoms with Gasteiger partial charge in [0.1, 0.15) is 12.6 Å². The first-order valence-corrected chi connectivity index (χ1v) is 10.1. The van der Waals surface area contributed by atoms with Gasteiger partial charge in [0.25, 0.3) is 5.91 Å². The molecule has 8 nitrogen and oxygen atoms in total. The first-order chi connectivity index (χ1) is 15.0. The molecule has 0 aliphatic carbocycles. The number of anilines is 1. The fourth-order valence-electron chi connectivity index (χ4n) is 2.86. The Balaban J connectivity index is 1.71. The van der Waals surface area contributed by atoms with Crippen molar-refractivity contribution in [3.05, 3.63) is 65.7 Å². The van der Waals surface area contributed by atoms with Gasteiger partial charge < -0.3 is 25.4 Å². The summed E-state index contributed by atoms with van der Waals surface area (Å²) in [5.74, 6) is -0.851. The molecule has 1 atom stereocenters. The van der Waals surface area contributed by atoms with Gasteiger partial charge in [0, 0.05) is 24.8 Å². The Morgan fingerprint density at radius 2 is 1.68 bits per heavy atom. The van der Waals surface area contributed by atoms with Gasteiger partial charge >= 0.3 is 12.1 Å². The normalized spacial score (nSPS) is 11.2. The predicted molar refractivity (Wildman–Crippen MR) is 118 cm³/mol. The molecule has 2 rings (SSSR count). The molecule has 0 radical (unpaired) electrons. The van der Waals surface area contributed by atoms with Crippen molar-refractivity contribution in [3.8, 4) is 0 Å². The zero-order chi connectivity index (χ0) is 22.5. The van der Waals surface area contributed by atoms with Crippen LogP contribution in [0.25, 0.3) is 0 Å². The van der Waals surface area contributed by atoms with E-state index >= 15 is 0 Å². The Morgan fingerprint density at radius 1 is 0.968 bits per heavy atom. The van der Waals surface area contributed by atoms with Crippen LogP contribution in [0.2, 0.25) is 0 Å². The van der Waals surface area contributed by atoms with Crippen LogP contribution in [0.4, 0.5) is 10.5 Å². The lowest BCUT2D eigenvalue weighted by Crippen LogP contribution is -2.41. The summed E-state index contributed by atoms with van der Waals surface area (Å²) in [7, 11) is 3.08. The highest BCUT2D eigenvalue weighted by molar-refractivity contribution is 5.97. The molecule has 0 saturated carbocycles. The molecule has 31 heavy (non-hydrogen) atoms. The first kappa shape index (κ1) is 23.7. The third-order valence-corrected chi connectivity index (χ3v) is 4.63. The average Bonchev–Trinajstić information content (AvgIpc) is 2.81. The van der Waals surface area contributed by atoms with Crippen LogP contribution in [0.1, 0.15) is 35.2 Å². The zero-order valence-corrected chi connectivity index (χ0v) is 17.9. The third kappa shape index (κ3) is 8.38. The molecule has 2 amide bonds. The molecular weight excluding hydrogens is 398 g/mol. The van der Waals surface area contributed by atoms with Crippen LogP contribution in [0.5, 0.6) is 0 Å². The number of ether oxygens (including phenoxy) is 2. The number of rotatable bonds is 11. The monoisotopic (exact) mass is 427 g/mol. The van der Waals surface area contributed by atoms with E-state index in [1.54, 1.807) is 31.3 Å². The van der Waals surface area contributed by atoms with E-state index in [0.717, 1.165) is 11.3 Å². The second-order valence-electron chi connectivity index (χ2n) is 6.86. The van der Waals surface area contributed by atoms with Crippen molar-refractivity contribution in [2.45, 2.75) is 31.9 Å². The van der Waals surface area contributed by atoms with E-state index < -0.39 is 18.1 Å². The summed E-state index contributed by atoms with van der Waals surface area (Å²) < 4.78 is 9.95. The second kappa shape index (κ2) is 12.9. The lowest BCUT2D eigenvalue weighted by atomic mass is 10.1. The van der Waals surface area contributed by atoms with Crippen molar-refractivity contribution in [3.63, 3.8) is 0 Å². The molecule has 0 aromatic heterocycles. The molecule has 2 aromatic rings. The molecule has 0 fully saturated rings. The Bertz CT molecular complexity index is 840. The van der Waals surface area contributed by atoms with E-state index in [4.69, 9.17) is 9.47 Å². The van der Waals surface area contributed by atoms with Crippen molar-refractivity contribution in [1.82, 2.24) is 10.6 Å². The van der Waals surface area contributed by atoms with Crippen LogP contribution in [-0.2, 0) is 20.9 Å². The Kier molecular flexibility index (Phi) is 9.87. The molecule has 8 heteroatoms. The highest BCUT2D eigenvalue weighted by atomic mass is 16.5. The lowest BCUT2D eigenvalue weighted by Gasteiger charge is -2.16. The minimum Gasteiger partial charge on any atom is -0.467 e. The van der Waals surface area contributed by atoms with Gasteiger partial charge in [-0.15, -0.1) is 0 Å². The minimum absolute atomic E-state index is 0.207. The number of hydrogen-bond acceptors (Lipinski definition) is 6. The molecule has 0 saturated heterocycles. The Labute approximate surface area is 182 Å². The van der Waals surface area contributed by atoms with E-state index in [0.29, 0.717) is 31.4 Å². The number of esters is 1. The van der Waals surface area contributed by atoms with Crippen LogP contribution in [0, 0.1) is 0 Å². The van der Waals surface area contributed by atoms with E-state index in [9.17, 15) is 14.4 Å². The topological polar surface area (TPSA) is 106 Å². The number of amides is 2. The number of hydrogen-bond donors (Lipinski definition) is 3. The van der Waals surface area contributed by atoms with Crippen molar-refractivity contribution >= 4 is 23.7 Å². The van der Waals surface area contributed by atoms with Crippen molar-refractivity contribution in [2.75, 3.05) is 26.0 Å². The molecule has 0 aliphatic heterocycles. The number of carbonyl (C=O) groups is 3. The molecule has 0 unspecified atom stereocenters. The highest BCUT2D eigenvalue weighted by Gasteiger charge is 2.21. The summed E-state index contributed by atoms with van der Waals surface area (Å²) in [5, 5.41) is 8.37. The molecule has 166 valence electrons. The van der Waals surface area contributed by atoms with Gasteiger partial charge in [-0.2, -0.15) is 0 Å². The predicted octanol–water partition coefficient (Wildman–Crippen LogP) is 3.10. The highest BCUT2D eigenvalue weighted by Crippen LogP contribution is 2.10. The van der Waals surface area contributed by atoms with Gasteiger partial charge in [-0.1, -0.05) is 30.3 Å². The summed E-state index contributed by atoms with van der Waals surface area (Å²) >= 11 is 0. The fraction of sp³-hybridized carbons (Fsp3) is 0.348. The largest absolute Gasteiger partial charge is 0.467 e. The van der Waals surface area contributed by atoms with Gasteiger partial charge in [0.15, 0.2) is 0 Å². The Hall–Kier alpha value is -3.55. The minimum atomic E-state index is -0.758. The molecule has 3 N–H and O–H groups in total. The van der Waals surface area contributed by atoms with Crippen LogP contribution in [0.3, 0.4) is 0 Å². The van der Waals surface area contributed by atoms with Crippen molar-refractivity contribution < 1.29 is 23.9 Å². The molecule has 0 bridgehead atoms. The van der Waals surface area contributed by atoms with E-state index in [-0.39, 0.29) is 12.5 Å². The van der Waals surface area contributed by atoms with Gasteiger partial charge in [0.05, 0.1) is 7.11 Å². The van der Waals surface area contributed by atoms with Gasteiger partial charge in [0.2, 0.25) is 0 Å². The number of carbonyl (C=O) groups excluding carboxylic acids is 3. The maximum absolute atomic E-state index is 12.4. The molecular formula is C23H29N3O5. The lowest BCUT2D eigenvalue weighted by molar-refractivity contribution is -0.143. The van der Waals surface area contributed by atoms with Crippen LogP contribution in [0.15, 0.2) is 54.6 Å². The summed E-state index contributed by atoms with van der Waals surface area (Å²) in [6, 6.07) is 15.6. The molecule has 0 aliphatic rings. The van der Waals surface area contributed by atoms with E-state index in [1.807, 2.05) is 30.3 Å².